The molecule has 0 atom stereocenters. The SMILES string of the molecule is Cc1[nH]nc(NS(=O)(=O)c2ccc(Cl)s2)c1C. The Bertz CT molecular complexity index is 645. The number of sulfonamides is 1. The van der Waals surface area contributed by atoms with Crippen LogP contribution in [-0.4, -0.2) is 18.6 Å². The minimum Gasteiger partial charge on any atom is -0.280 e. The summed E-state index contributed by atoms with van der Waals surface area (Å²) in [7, 11) is -3.60. The molecule has 0 bridgehead atoms. The molecule has 2 aromatic rings. The van der Waals surface area contributed by atoms with E-state index in [4.69, 9.17) is 11.6 Å². The molecule has 0 aromatic carbocycles. The smallest absolute Gasteiger partial charge is 0.272 e. The van der Waals surface area contributed by atoms with E-state index in [9.17, 15) is 8.42 Å². The molecule has 92 valence electrons. The fraction of sp³-hybridized carbons (Fsp3) is 0.222. The van der Waals surface area contributed by atoms with E-state index in [0.29, 0.717) is 10.2 Å². The monoisotopic (exact) mass is 291 g/mol. The van der Waals surface area contributed by atoms with Crippen LogP contribution in [-0.2, 0) is 10.0 Å². The van der Waals surface area contributed by atoms with Gasteiger partial charge in [-0.3, -0.25) is 9.82 Å². The third kappa shape index (κ3) is 2.46. The van der Waals surface area contributed by atoms with E-state index < -0.39 is 10.0 Å². The molecule has 2 heterocycles. The topological polar surface area (TPSA) is 74.8 Å². The Kier molecular flexibility index (Phi) is 3.15. The number of anilines is 1. The first-order valence-electron chi connectivity index (χ1n) is 4.70. The molecule has 0 unspecified atom stereocenters. The van der Waals surface area contributed by atoms with E-state index in [0.717, 1.165) is 22.6 Å². The number of hydrogen-bond acceptors (Lipinski definition) is 4. The van der Waals surface area contributed by atoms with Crippen molar-refractivity contribution in [2.45, 2.75) is 18.1 Å². The Morgan fingerprint density at radius 1 is 1.41 bits per heavy atom. The van der Waals surface area contributed by atoms with Crippen molar-refractivity contribution in [3.63, 3.8) is 0 Å². The number of nitrogens with one attached hydrogen (secondary N) is 2. The quantitative estimate of drug-likeness (QED) is 0.912. The van der Waals surface area contributed by atoms with Crippen molar-refractivity contribution in [2.24, 2.45) is 0 Å². The third-order valence-electron chi connectivity index (χ3n) is 2.30. The van der Waals surface area contributed by atoms with Crippen LogP contribution in [0.3, 0.4) is 0 Å². The zero-order valence-corrected chi connectivity index (χ0v) is 11.5. The van der Waals surface area contributed by atoms with Gasteiger partial charge in [0.05, 0.1) is 4.34 Å². The molecule has 8 heteroatoms. The van der Waals surface area contributed by atoms with Gasteiger partial charge in [-0.1, -0.05) is 11.6 Å². The lowest BCUT2D eigenvalue weighted by molar-refractivity contribution is 0.603. The normalized spacial score (nSPS) is 11.7. The summed E-state index contributed by atoms with van der Waals surface area (Å²) in [5.74, 6) is 0.312. The molecular formula is C9H10ClN3O2S2. The minimum atomic E-state index is -3.60. The van der Waals surface area contributed by atoms with Gasteiger partial charge < -0.3 is 0 Å². The maximum absolute atomic E-state index is 12.0. The molecule has 0 amide bonds. The summed E-state index contributed by atoms with van der Waals surface area (Å²) in [5.41, 5.74) is 1.60. The van der Waals surface area contributed by atoms with Crippen LogP contribution < -0.4 is 4.72 Å². The van der Waals surface area contributed by atoms with Crippen molar-refractivity contribution in [1.29, 1.82) is 0 Å². The molecule has 0 fully saturated rings. The fourth-order valence-corrected chi connectivity index (χ4v) is 3.75. The van der Waals surface area contributed by atoms with Crippen LogP contribution in [0.5, 0.6) is 0 Å². The van der Waals surface area contributed by atoms with Gasteiger partial charge in [-0.15, -0.1) is 11.3 Å². The first-order valence-corrected chi connectivity index (χ1v) is 7.37. The van der Waals surface area contributed by atoms with Crippen LogP contribution in [0.2, 0.25) is 4.34 Å². The average Bonchev–Trinajstić information content (AvgIpc) is 2.80. The van der Waals surface area contributed by atoms with Gasteiger partial charge in [-0.05, 0) is 26.0 Å². The number of rotatable bonds is 3. The maximum atomic E-state index is 12.0. The summed E-state index contributed by atoms with van der Waals surface area (Å²) in [6, 6.07) is 3.01. The predicted octanol–water partition coefficient (Wildman–Crippen LogP) is 2.54. The van der Waals surface area contributed by atoms with Crippen molar-refractivity contribution in [3.8, 4) is 0 Å². The molecule has 0 aliphatic carbocycles. The molecule has 2 rings (SSSR count). The van der Waals surface area contributed by atoms with Crippen LogP contribution in [0.15, 0.2) is 16.3 Å². The van der Waals surface area contributed by atoms with E-state index >= 15 is 0 Å². The highest BCUT2D eigenvalue weighted by molar-refractivity contribution is 7.94. The molecule has 0 radical (unpaired) electrons. The van der Waals surface area contributed by atoms with Crippen LogP contribution in [0.25, 0.3) is 0 Å². The number of hydrogen-bond donors (Lipinski definition) is 2. The number of thiophene rings is 1. The summed E-state index contributed by atoms with van der Waals surface area (Å²) in [6.45, 7) is 3.61. The van der Waals surface area contributed by atoms with Gasteiger partial charge in [0.2, 0.25) is 0 Å². The van der Waals surface area contributed by atoms with Gasteiger partial charge >= 0.3 is 0 Å². The van der Waals surface area contributed by atoms with E-state index in [1.54, 1.807) is 13.0 Å². The maximum Gasteiger partial charge on any atom is 0.272 e. The number of aromatic nitrogens is 2. The summed E-state index contributed by atoms with van der Waals surface area (Å²) in [4.78, 5) is 0. The predicted molar refractivity (Wildman–Crippen MR) is 68.2 cm³/mol. The fourth-order valence-electron chi connectivity index (χ4n) is 1.20. The molecule has 0 spiro atoms. The van der Waals surface area contributed by atoms with Gasteiger partial charge in [0, 0.05) is 11.3 Å². The van der Waals surface area contributed by atoms with Crippen molar-refractivity contribution < 1.29 is 8.42 Å². The lowest BCUT2D eigenvalue weighted by atomic mass is 10.3. The Hall–Kier alpha value is -1.05. The number of aromatic amines is 1. The summed E-state index contributed by atoms with van der Waals surface area (Å²) >= 11 is 6.71. The number of H-pyrrole nitrogens is 1. The van der Waals surface area contributed by atoms with E-state index in [2.05, 4.69) is 14.9 Å². The van der Waals surface area contributed by atoms with E-state index in [-0.39, 0.29) is 4.21 Å². The van der Waals surface area contributed by atoms with Crippen LogP contribution >= 0.6 is 22.9 Å². The van der Waals surface area contributed by atoms with Gasteiger partial charge in [-0.25, -0.2) is 8.42 Å². The van der Waals surface area contributed by atoms with E-state index in [1.807, 2.05) is 6.92 Å². The van der Waals surface area contributed by atoms with Gasteiger partial charge in [0.25, 0.3) is 10.0 Å². The molecule has 0 saturated heterocycles. The first kappa shape index (κ1) is 12.4. The minimum absolute atomic E-state index is 0.169. The lowest BCUT2D eigenvalue weighted by Gasteiger charge is -2.03. The van der Waals surface area contributed by atoms with Gasteiger partial charge in [0.15, 0.2) is 5.82 Å². The Labute approximate surface area is 108 Å². The molecule has 0 aliphatic rings. The van der Waals surface area contributed by atoms with Crippen molar-refractivity contribution >= 4 is 38.8 Å². The molecule has 0 aliphatic heterocycles. The van der Waals surface area contributed by atoms with E-state index in [1.165, 1.54) is 6.07 Å². The van der Waals surface area contributed by atoms with Crippen LogP contribution in [0.4, 0.5) is 5.82 Å². The molecule has 2 aromatic heterocycles. The Morgan fingerprint density at radius 3 is 2.59 bits per heavy atom. The zero-order valence-electron chi connectivity index (χ0n) is 9.11. The molecule has 0 saturated carbocycles. The second kappa shape index (κ2) is 4.32. The highest BCUT2D eigenvalue weighted by Crippen LogP contribution is 2.27. The molecular weight excluding hydrogens is 282 g/mol. The van der Waals surface area contributed by atoms with Crippen molar-refractivity contribution in [2.75, 3.05) is 4.72 Å². The lowest BCUT2D eigenvalue weighted by Crippen LogP contribution is -2.12. The van der Waals surface area contributed by atoms with Crippen LogP contribution in [0.1, 0.15) is 11.3 Å². The standard InChI is InChI=1S/C9H10ClN3O2S2/c1-5-6(2)11-12-9(5)13-17(14,15)8-4-3-7(10)16-8/h3-4H,1-2H3,(H2,11,12,13). The van der Waals surface area contributed by atoms with Crippen molar-refractivity contribution in [1.82, 2.24) is 10.2 Å². The second-order valence-corrected chi connectivity index (χ2v) is 7.11. The van der Waals surface area contributed by atoms with Gasteiger partial charge in [0.1, 0.15) is 4.21 Å². The highest BCUT2D eigenvalue weighted by atomic mass is 35.5. The second-order valence-electron chi connectivity index (χ2n) is 3.49. The molecule has 5 nitrogen and oxygen atoms in total. The first-order chi connectivity index (χ1) is 7.90. The number of aryl methyl sites for hydroxylation is 1. The highest BCUT2D eigenvalue weighted by Gasteiger charge is 2.19. The summed E-state index contributed by atoms with van der Waals surface area (Å²) in [5, 5.41) is 6.61. The Balaban J connectivity index is 2.33. The average molecular weight is 292 g/mol. The largest absolute Gasteiger partial charge is 0.280 e. The Morgan fingerprint density at radius 2 is 2.12 bits per heavy atom. The van der Waals surface area contributed by atoms with Gasteiger partial charge in [-0.2, -0.15) is 5.10 Å². The number of nitrogens with zero attached hydrogens (tertiary/aromatic N) is 1. The summed E-state index contributed by atoms with van der Waals surface area (Å²) < 4.78 is 26.9. The summed E-state index contributed by atoms with van der Waals surface area (Å²) in [6.07, 6.45) is 0. The molecule has 17 heavy (non-hydrogen) atoms. The van der Waals surface area contributed by atoms with Crippen molar-refractivity contribution in [3.05, 3.63) is 27.7 Å². The zero-order chi connectivity index (χ0) is 12.6. The van der Waals surface area contributed by atoms with Crippen LogP contribution in [0, 0.1) is 13.8 Å². The number of halogens is 1. The molecule has 2 N–H and O–H groups in total. The third-order valence-corrected chi connectivity index (χ3v) is 5.36.